The zero-order chi connectivity index (χ0) is 20.1. The molecule has 1 aliphatic carbocycles. The van der Waals surface area contributed by atoms with Crippen molar-refractivity contribution in [2.45, 2.75) is 19.3 Å². The summed E-state index contributed by atoms with van der Waals surface area (Å²) in [4.78, 5) is 40.0. The van der Waals surface area contributed by atoms with Crippen molar-refractivity contribution in [2.75, 3.05) is 24.5 Å². The average molecular weight is 390 g/mol. The highest BCUT2D eigenvalue weighted by Crippen LogP contribution is 2.39. The van der Waals surface area contributed by atoms with Gasteiger partial charge >= 0.3 is 5.97 Å². The van der Waals surface area contributed by atoms with Gasteiger partial charge in [-0.3, -0.25) is 14.4 Å². The highest BCUT2D eigenvalue weighted by Gasteiger charge is 2.40. The van der Waals surface area contributed by atoms with Gasteiger partial charge in [0.05, 0.1) is 11.8 Å². The predicted molar refractivity (Wildman–Crippen MR) is 107 cm³/mol. The Morgan fingerprint density at radius 2 is 1.76 bits per heavy atom. The minimum Gasteiger partial charge on any atom is -0.481 e. The van der Waals surface area contributed by atoms with E-state index in [1.165, 1.54) is 22.3 Å². The molecule has 2 aliphatic heterocycles. The highest BCUT2D eigenvalue weighted by molar-refractivity contribution is 6.01. The number of hydrogen-bond acceptors (Lipinski definition) is 3. The van der Waals surface area contributed by atoms with Crippen LogP contribution in [0.2, 0.25) is 0 Å². The van der Waals surface area contributed by atoms with Crippen molar-refractivity contribution < 1.29 is 19.5 Å². The summed E-state index contributed by atoms with van der Waals surface area (Å²) in [6, 6.07) is 14.4. The summed E-state index contributed by atoms with van der Waals surface area (Å²) in [5.41, 5.74) is 5.79. The second kappa shape index (κ2) is 6.72. The number of carboxylic acid groups (broad SMARTS) is 1. The van der Waals surface area contributed by atoms with Gasteiger partial charge in [-0.2, -0.15) is 0 Å². The Balaban J connectivity index is 1.32. The van der Waals surface area contributed by atoms with Crippen molar-refractivity contribution in [3.63, 3.8) is 0 Å². The van der Waals surface area contributed by atoms with E-state index in [4.69, 9.17) is 5.11 Å². The Morgan fingerprint density at radius 3 is 2.55 bits per heavy atom. The van der Waals surface area contributed by atoms with Gasteiger partial charge < -0.3 is 14.9 Å². The molecule has 2 aromatic carbocycles. The maximum absolute atomic E-state index is 12.8. The van der Waals surface area contributed by atoms with Crippen LogP contribution in [0.1, 0.15) is 24.0 Å². The molecule has 148 valence electrons. The summed E-state index contributed by atoms with van der Waals surface area (Å²) in [6.45, 7) is 1.06. The van der Waals surface area contributed by atoms with Crippen LogP contribution in [0.4, 0.5) is 5.69 Å². The summed E-state index contributed by atoms with van der Waals surface area (Å²) < 4.78 is 0. The van der Waals surface area contributed by atoms with Gasteiger partial charge in [-0.05, 0) is 47.2 Å². The van der Waals surface area contributed by atoms with Gasteiger partial charge in [-0.1, -0.05) is 30.3 Å². The fraction of sp³-hybridized carbons (Fsp3) is 0.348. The first-order chi connectivity index (χ1) is 14.0. The number of likely N-dealkylation sites (tertiary alicyclic amines) is 1. The average Bonchev–Trinajstić information content (AvgIpc) is 3.43. The van der Waals surface area contributed by atoms with E-state index in [1.807, 2.05) is 18.2 Å². The molecule has 2 aromatic rings. The van der Waals surface area contributed by atoms with Crippen molar-refractivity contribution in [1.29, 1.82) is 0 Å². The number of benzene rings is 2. The Labute approximate surface area is 168 Å². The van der Waals surface area contributed by atoms with Gasteiger partial charge in [-0.25, -0.2) is 0 Å². The molecule has 2 heterocycles. The molecule has 6 nitrogen and oxygen atoms in total. The molecule has 0 radical (unpaired) electrons. The number of amides is 2. The molecule has 1 N–H and O–H groups in total. The molecule has 5 rings (SSSR count). The van der Waals surface area contributed by atoms with Crippen LogP contribution in [-0.2, 0) is 20.8 Å². The molecule has 29 heavy (non-hydrogen) atoms. The second-order valence-electron chi connectivity index (χ2n) is 8.19. The van der Waals surface area contributed by atoms with Crippen LogP contribution in [0.5, 0.6) is 0 Å². The van der Waals surface area contributed by atoms with Crippen LogP contribution >= 0.6 is 0 Å². The van der Waals surface area contributed by atoms with Crippen molar-refractivity contribution in [3.05, 3.63) is 53.6 Å². The number of carbonyl (C=O) groups is 3. The Kier molecular flexibility index (Phi) is 4.15. The SMILES string of the molecule is O=C(O)C1CCN(C(=O)C2CC(=O)N(c3ccc4c(c3)Cc3ccccc3-4)C2)C1. The van der Waals surface area contributed by atoms with E-state index < -0.39 is 17.8 Å². The second-order valence-corrected chi connectivity index (χ2v) is 8.19. The van der Waals surface area contributed by atoms with Gasteiger partial charge in [0.15, 0.2) is 0 Å². The van der Waals surface area contributed by atoms with Crippen LogP contribution in [0.3, 0.4) is 0 Å². The fourth-order valence-corrected chi connectivity index (χ4v) is 4.84. The molecule has 2 unspecified atom stereocenters. The van der Waals surface area contributed by atoms with Gasteiger partial charge in [0, 0.05) is 31.7 Å². The first-order valence-electron chi connectivity index (χ1n) is 10.0. The monoisotopic (exact) mass is 390 g/mol. The summed E-state index contributed by atoms with van der Waals surface area (Å²) in [7, 11) is 0. The quantitative estimate of drug-likeness (QED) is 0.746. The lowest BCUT2D eigenvalue weighted by atomic mass is 10.1. The van der Waals surface area contributed by atoms with E-state index in [-0.39, 0.29) is 24.8 Å². The number of aliphatic carboxylic acids is 1. The largest absolute Gasteiger partial charge is 0.481 e. The topological polar surface area (TPSA) is 77.9 Å². The summed E-state index contributed by atoms with van der Waals surface area (Å²) in [6.07, 6.45) is 1.52. The molecule has 2 atom stereocenters. The zero-order valence-electron chi connectivity index (χ0n) is 16.0. The van der Waals surface area contributed by atoms with Gasteiger partial charge in [-0.15, -0.1) is 0 Å². The molecule has 2 amide bonds. The summed E-state index contributed by atoms with van der Waals surface area (Å²) >= 11 is 0. The van der Waals surface area contributed by atoms with Gasteiger partial charge in [0.25, 0.3) is 0 Å². The lowest BCUT2D eigenvalue weighted by Crippen LogP contribution is -2.36. The summed E-state index contributed by atoms with van der Waals surface area (Å²) in [5, 5.41) is 9.15. The van der Waals surface area contributed by atoms with Gasteiger partial charge in [0.2, 0.25) is 11.8 Å². The molecule has 2 saturated heterocycles. The van der Waals surface area contributed by atoms with E-state index in [2.05, 4.69) is 24.3 Å². The van der Waals surface area contributed by atoms with Crippen LogP contribution in [-0.4, -0.2) is 47.4 Å². The standard InChI is InChI=1S/C23H22N2O4/c26-21-11-17(22(27)24-8-7-15(12-24)23(28)29)13-25(21)18-5-6-20-16(10-18)9-14-3-1-2-4-19(14)20/h1-6,10,15,17H,7-9,11-13H2,(H,28,29). The van der Waals surface area contributed by atoms with E-state index >= 15 is 0 Å². The van der Waals surface area contributed by atoms with Crippen LogP contribution in [0, 0.1) is 11.8 Å². The summed E-state index contributed by atoms with van der Waals surface area (Å²) in [5.74, 6) is -1.90. The third-order valence-electron chi connectivity index (χ3n) is 6.41. The van der Waals surface area contributed by atoms with Crippen molar-refractivity contribution in [1.82, 2.24) is 4.90 Å². The maximum Gasteiger partial charge on any atom is 0.308 e. The predicted octanol–water partition coefficient (Wildman–Crippen LogP) is 2.54. The molecule has 3 aliphatic rings. The molecule has 6 heteroatoms. The minimum absolute atomic E-state index is 0.0483. The zero-order valence-corrected chi connectivity index (χ0v) is 16.0. The molecule has 0 spiro atoms. The highest BCUT2D eigenvalue weighted by atomic mass is 16.4. The third kappa shape index (κ3) is 2.99. The lowest BCUT2D eigenvalue weighted by Gasteiger charge is -2.21. The molecule has 2 fully saturated rings. The molecule has 0 bridgehead atoms. The first-order valence-corrected chi connectivity index (χ1v) is 10.0. The smallest absolute Gasteiger partial charge is 0.308 e. The lowest BCUT2D eigenvalue weighted by molar-refractivity contribution is -0.141. The minimum atomic E-state index is -0.858. The molecule has 0 aromatic heterocycles. The Hall–Kier alpha value is -3.15. The molecule has 0 saturated carbocycles. The van der Waals surface area contributed by atoms with E-state index in [0.29, 0.717) is 19.5 Å². The van der Waals surface area contributed by atoms with E-state index in [1.54, 1.807) is 9.80 Å². The molecular weight excluding hydrogens is 368 g/mol. The van der Waals surface area contributed by atoms with Gasteiger partial charge in [0.1, 0.15) is 0 Å². The third-order valence-corrected chi connectivity index (χ3v) is 6.41. The fourth-order valence-electron chi connectivity index (χ4n) is 4.84. The number of anilines is 1. The number of carboxylic acids is 1. The van der Waals surface area contributed by atoms with Crippen LogP contribution in [0.15, 0.2) is 42.5 Å². The van der Waals surface area contributed by atoms with Crippen molar-refractivity contribution >= 4 is 23.5 Å². The number of carbonyl (C=O) groups excluding carboxylic acids is 2. The van der Waals surface area contributed by atoms with E-state index in [0.717, 1.165) is 12.1 Å². The van der Waals surface area contributed by atoms with Crippen molar-refractivity contribution in [3.8, 4) is 11.1 Å². The maximum atomic E-state index is 12.8. The van der Waals surface area contributed by atoms with Crippen LogP contribution in [0.25, 0.3) is 11.1 Å². The Morgan fingerprint density at radius 1 is 0.966 bits per heavy atom. The van der Waals surface area contributed by atoms with Crippen LogP contribution < -0.4 is 4.90 Å². The normalized spacial score (nSPS) is 22.7. The number of nitrogens with zero attached hydrogens (tertiary/aromatic N) is 2. The number of fused-ring (bicyclic) bond motifs is 3. The molecular formula is C23H22N2O4. The number of rotatable bonds is 3. The number of hydrogen-bond donors (Lipinski definition) is 1. The first kappa shape index (κ1) is 17.9. The van der Waals surface area contributed by atoms with E-state index in [9.17, 15) is 14.4 Å². The Bertz CT molecular complexity index is 1030. The van der Waals surface area contributed by atoms with Crippen molar-refractivity contribution in [2.24, 2.45) is 11.8 Å².